The van der Waals surface area contributed by atoms with Gasteiger partial charge in [-0.15, -0.1) is 0 Å². The number of carbonyl (C=O) groups excluding carboxylic acids is 1. The van der Waals surface area contributed by atoms with E-state index in [1.165, 1.54) is 19.3 Å². The monoisotopic (exact) mass is 248 g/mol. The molecular formula is C16H24O2. The summed E-state index contributed by atoms with van der Waals surface area (Å²) in [5, 5.41) is 0. The topological polar surface area (TPSA) is 26.3 Å². The summed E-state index contributed by atoms with van der Waals surface area (Å²) in [4.78, 5) is 11.9. The molecule has 2 nitrogen and oxygen atoms in total. The van der Waals surface area contributed by atoms with Crippen molar-refractivity contribution in [3.8, 4) is 0 Å². The summed E-state index contributed by atoms with van der Waals surface area (Å²) in [5.41, 5.74) is 1.73. The minimum absolute atomic E-state index is 0.00914. The first-order chi connectivity index (χ1) is 8.63. The highest BCUT2D eigenvalue weighted by molar-refractivity contribution is 5.89. The number of aryl methyl sites for hydroxylation is 1. The van der Waals surface area contributed by atoms with Crippen LogP contribution in [0, 0.1) is 6.92 Å². The Balaban J connectivity index is 2.35. The van der Waals surface area contributed by atoms with Crippen molar-refractivity contribution in [2.75, 3.05) is 0 Å². The lowest BCUT2D eigenvalue weighted by Gasteiger charge is -2.13. The highest BCUT2D eigenvalue weighted by atomic mass is 16.5. The summed E-state index contributed by atoms with van der Waals surface area (Å²) in [6.45, 7) is 6.14. The lowest BCUT2D eigenvalue weighted by molar-refractivity contribution is 0.0319. The van der Waals surface area contributed by atoms with E-state index in [9.17, 15) is 4.79 Å². The Labute approximate surface area is 110 Å². The fourth-order valence-electron chi connectivity index (χ4n) is 1.94. The molecule has 0 spiro atoms. The van der Waals surface area contributed by atoms with Gasteiger partial charge < -0.3 is 4.74 Å². The van der Waals surface area contributed by atoms with Gasteiger partial charge in [-0.3, -0.25) is 0 Å². The van der Waals surface area contributed by atoms with Crippen LogP contribution < -0.4 is 0 Å². The van der Waals surface area contributed by atoms with Gasteiger partial charge in [-0.25, -0.2) is 4.79 Å². The van der Waals surface area contributed by atoms with Crippen LogP contribution >= 0.6 is 0 Å². The molecule has 0 radical (unpaired) electrons. The van der Waals surface area contributed by atoms with E-state index in [1.54, 1.807) is 6.07 Å². The average Bonchev–Trinajstić information content (AvgIpc) is 2.34. The highest BCUT2D eigenvalue weighted by Gasteiger charge is 2.11. The normalized spacial score (nSPS) is 12.2. The van der Waals surface area contributed by atoms with Gasteiger partial charge in [-0.05, 0) is 38.8 Å². The molecule has 0 aliphatic rings. The lowest BCUT2D eigenvalue weighted by Crippen LogP contribution is -2.15. The molecule has 0 N–H and O–H groups in total. The first kappa shape index (κ1) is 14.7. The fraction of sp³-hybridized carbons (Fsp3) is 0.562. The molecular weight excluding hydrogens is 224 g/mol. The molecule has 0 amide bonds. The standard InChI is InChI=1S/C16H24O2/c1-4-5-6-7-10-14(3)18-16(17)15-11-8-9-13(2)12-15/h8-9,11-12,14H,4-7,10H2,1-3H3/t14-/m0/s1. The Morgan fingerprint density at radius 3 is 2.72 bits per heavy atom. The van der Waals surface area contributed by atoms with Crippen molar-refractivity contribution in [2.45, 2.75) is 59.0 Å². The zero-order valence-electron chi connectivity index (χ0n) is 11.7. The molecule has 18 heavy (non-hydrogen) atoms. The molecule has 1 aromatic rings. The molecule has 0 aromatic heterocycles. The molecule has 0 bridgehead atoms. The van der Waals surface area contributed by atoms with Crippen molar-refractivity contribution >= 4 is 5.97 Å². The van der Waals surface area contributed by atoms with Crippen LogP contribution in [-0.4, -0.2) is 12.1 Å². The van der Waals surface area contributed by atoms with Gasteiger partial charge in [0.1, 0.15) is 0 Å². The zero-order chi connectivity index (χ0) is 13.4. The number of hydrogen-bond acceptors (Lipinski definition) is 2. The molecule has 0 aliphatic carbocycles. The van der Waals surface area contributed by atoms with Crippen LogP contribution in [0.25, 0.3) is 0 Å². The van der Waals surface area contributed by atoms with E-state index >= 15 is 0 Å². The predicted molar refractivity (Wildman–Crippen MR) is 74.8 cm³/mol. The maximum absolute atomic E-state index is 11.9. The van der Waals surface area contributed by atoms with Crippen molar-refractivity contribution in [3.05, 3.63) is 35.4 Å². The number of carbonyl (C=O) groups is 1. The van der Waals surface area contributed by atoms with Crippen LogP contribution in [0.15, 0.2) is 24.3 Å². The maximum atomic E-state index is 11.9. The van der Waals surface area contributed by atoms with E-state index in [0.29, 0.717) is 5.56 Å². The van der Waals surface area contributed by atoms with E-state index in [-0.39, 0.29) is 12.1 Å². The van der Waals surface area contributed by atoms with E-state index in [4.69, 9.17) is 4.74 Å². The quantitative estimate of drug-likeness (QED) is 0.524. The second kappa shape index (κ2) is 7.91. The first-order valence-corrected chi connectivity index (χ1v) is 6.91. The molecule has 0 fully saturated rings. The predicted octanol–water partition coefficient (Wildman–Crippen LogP) is 4.51. The molecule has 0 aliphatic heterocycles. The van der Waals surface area contributed by atoms with Gasteiger partial charge in [0.25, 0.3) is 0 Å². The van der Waals surface area contributed by atoms with Crippen molar-refractivity contribution in [2.24, 2.45) is 0 Å². The number of rotatable bonds is 7. The van der Waals surface area contributed by atoms with Crippen LogP contribution in [-0.2, 0) is 4.74 Å². The van der Waals surface area contributed by atoms with Gasteiger partial charge in [0.2, 0.25) is 0 Å². The summed E-state index contributed by atoms with van der Waals surface area (Å²) >= 11 is 0. The third-order valence-corrected chi connectivity index (χ3v) is 3.03. The Kier molecular flexibility index (Phi) is 6.48. The minimum atomic E-state index is -0.207. The molecule has 0 heterocycles. The molecule has 2 heteroatoms. The molecule has 0 saturated carbocycles. The van der Waals surface area contributed by atoms with Gasteiger partial charge in [0, 0.05) is 0 Å². The second-order valence-electron chi connectivity index (χ2n) is 4.93. The maximum Gasteiger partial charge on any atom is 0.338 e. The van der Waals surface area contributed by atoms with Crippen molar-refractivity contribution in [1.29, 1.82) is 0 Å². The zero-order valence-corrected chi connectivity index (χ0v) is 11.7. The molecule has 0 unspecified atom stereocenters. The fourth-order valence-corrected chi connectivity index (χ4v) is 1.94. The Bertz CT molecular complexity index is 371. The van der Waals surface area contributed by atoms with E-state index in [0.717, 1.165) is 18.4 Å². The largest absolute Gasteiger partial charge is 0.459 e. The molecule has 1 aromatic carbocycles. The third kappa shape index (κ3) is 5.35. The first-order valence-electron chi connectivity index (χ1n) is 6.91. The van der Waals surface area contributed by atoms with Crippen molar-refractivity contribution in [1.82, 2.24) is 0 Å². The molecule has 1 rings (SSSR count). The minimum Gasteiger partial charge on any atom is -0.459 e. The number of ether oxygens (including phenoxy) is 1. The molecule has 0 saturated heterocycles. The average molecular weight is 248 g/mol. The summed E-state index contributed by atoms with van der Waals surface area (Å²) in [6, 6.07) is 7.54. The van der Waals surface area contributed by atoms with Gasteiger partial charge >= 0.3 is 5.97 Å². The SMILES string of the molecule is CCCCCC[C@H](C)OC(=O)c1cccc(C)c1. The molecule has 1 atom stereocenters. The molecule has 100 valence electrons. The number of benzene rings is 1. The van der Waals surface area contributed by atoms with Crippen molar-refractivity contribution in [3.63, 3.8) is 0 Å². The Hall–Kier alpha value is -1.31. The number of hydrogen-bond donors (Lipinski definition) is 0. The smallest absolute Gasteiger partial charge is 0.338 e. The van der Waals surface area contributed by atoms with Gasteiger partial charge in [0.05, 0.1) is 11.7 Å². The van der Waals surface area contributed by atoms with Gasteiger partial charge in [-0.2, -0.15) is 0 Å². The van der Waals surface area contributed by atoms with Crippen LogP contribution in [0.4, 0.5) is 0 Å². The van der Waals surface area contributed by atoms with Crippen LogP contribution in [0.2, 0.25) is 0 Å². The number of unbranched alkanes of at least 4 members (excludes halogenated alkanes) is 3. The third-order valence-electron chi connectivity index (χ3n) is 3.03. The van der Waals surface area contributed by atoms with E-state index < -0.39 is 0 Å². The van der Waals surface area contributed by atoms with E-state index in [2.05, 4.69) is 6.92 Å². The van der Waals surface area contributed by atoms with E-state index in [1.807, 2.05) is 32.0 Å². The van der Waals surface area contributed by atoms with Crippen LogP contribution in [0.3, 0.4) is 0 Å². The summed E-state index contributed by atoms with van der Waals surface area (Å²) in [6.07, 6.45) is 5.82. The number of esters is 1. The Morgan fingerprint density at radius 2 is 2.06 bits per heavy atom. The lowest BCUT2D eigenvalue weighted by atomic mass is 10.1. The highest BCUT2D eigenvalue weighted by Crippen LogP contribution is 2.11. The second-order valence-corrected chi connectivity index (χ2v) is 4.93. The van der Waals surface area contributed by atoms with Gasteiger partial charge in [-0.1, -0.05) is 43.9 Å². The van der Waals surface area contributed by atoms with Gasteiger partial charge in [0.15, 0.2) is 0 Å². The van der Waals surface area contributed by atoms with Crippen LogP contribution in [0.5, 0.6) is 0 Å². The van der Waals surface area contributed by atoms with Crippen molar-refractivity contribution < 1.29 is 9.53 Å². The summed E-state index contributed by atoms with van der Waals surface area (Å²) < 4.78 is 5.43. The summed E-state index contributed by atoms with van der Waals surface area (Å²) in [5.74, 6) is -0.207. The van der Waals surface area contributed by atoms with Crippen LogP contribution in [0.1, 0.15) is 61.9 Å². The Morgan fingerprint density at radius 1 is 1.28 bits per heavy atom. The summed E-state index contributed by atoms with van der Waals surface area (Å²) in [7, 11) is 0.